The molecule has 2 N–H and O–H groups in total. The number of guanidine groups is 1. The number of fused-ring (bicyclic) bond motifs is 1. The van der Waals surface area contributed by atoms with Crippen molar-refractivity contribution in [2.75, 3.05) is 25.2 Å². The molecule has 1 saturated heterocycles. The summed E-state index contributed by atoms with van der Waals surface area (Å²) in [4.78, 5) is 4.61. The lowest BCUT2D eigenvalue weighted by molar-refractivity contribution is 0.415. The van der Waals surface area contributed by atoms with Crippen molar-refractivity contribution >= 4 is 50.5 Å². The van der Waals surface area contributed by atoms with Gasteiger partial charge >= 0.3 is 0 Å². The maximum absolute atomic E-state index is 11.6. The van der Waals surface area contributed by atoms with Gasteiger partial charge in [-0.05, 0) is 47.9 Å². The molecule has 0 spiro atoms. The second-order valence-electron chi connectivity index (χ2n) is 6.49. The van der Waals surface area contributed by atoms with Crippen molar-refractivity contribution in [2.24, 2.45) is 4.99 Å². The third-order valence-electron chi connectivity index (χ3n) is 4.45. The van der Waals surface area contributed by atoms with Crippen LogP contribution in [-0.4, -0.2) is 45.6 Å². The van der Waals surface area contributed by atoms with Gasteiger partial charge in [-0.15, -0.1) is 24.0 Å². The topological polar surface area (TPSA) is 79.8 Å². The molecule has 1 unspecified atom stereocenters. The minimum atomic E-state index is -2.91. The second kappa shape index (κ2) is 9.59. The largest absolute Gasteiger partial charge is 0.497 e. The van der Waals surface area contributed by atoms with Crippen molar-refractivity contribution < 1.29 is 13.2 Å². The second-order valence-corrected chi connectivity index (χ2v) is 8.72. The summed E-state index contributed by atoms with van der Waals surface area (Å²) in [5, 5.41) is 8.69. The summed E-state index contributed by atoms with van der Waals surface area (Å²) >= 11 is 0. The van der Waals surface area contributed by atoms with Crippen LogP contribution in [0.25, 0.3) is 10.8 Å². The Hall–Kier alpha value is -1.55. The summed E-state index contributed by atoms with van der Waals surface area (Å²) in [5.74, 6) is 1.92. The number of rotatable bonds is 5. The summed E-state index contributed by atoms with van der Waals surface area (Å²) in [6.07, 6.45) is 0.630. The van der Waals surface area contributed by atoms with E-state index in [1.54, 1.807) is 7.11 Å². The molecule has 3 rings (SSSR count). The molecule has 1 aliphatic rings. The Kier molecular flexibility index (Phi) is 7.72. The molecule has 0 amide bonds. The highest BCUT2D eigenvalue weighted by molar-refractivity contribution is 14.0. The number of benzene rings is 2. The van der Waals surface area contributed by atoms with Gasteiger partial charge in [-0.1, -0.05) is 18.2 Å². The van der Waals surface area contributed by atoms with Crippen LogP contribution in [-0.2, 0) is 16.4 Å². The van der Waals surface area contributed by atoms with Crippen LogP contribution < -0.4 is 15.4 Å². The van der Waals surface area contributed by atoms with Crippen molar-refractivity contribution in [1.82, 2.24) is 10.6 Å². The van der Waals surface area contributed by atoms with Crippen LogP contribution in [0.4, 0.5) is 0 Å². The molecule has 0 bridgehead atoms. The highest BCUT2D eigenvalue weighted by atomic mass is 127. The Morgan fingerprint density at radius 2 is 1.96 bits per heavy atom. The van der Waals surface area contributed by atoms with E-state index >= 15 is 0 Å². The highest BCUT2D eigenvalue weighted by Gasteiger charge is 2.28. The molecular weight excluding hydrogens is 477 g/mol. The van der Waals surface area contributed by atoms with Crippen LogP contribution in [0.2, 0.25) is 0 Å². The number of nitrogens with one attached hydrogen (secondary N) is 2. The predicted molar refractivity (Wildman–Crippen MR) is 121 cm³/mol. The van der Waals surface area contributed by atoms with Gasteiger partial charge in [-0.2, -0.15) is 0 Å². The average Bonchev–Trinajstić information content (AvgIpc) is 2.97. The molecule has 6 nitrogen and oxygen atoms in total. The molecule has 1 heterocycles. The summed E-state index contributed by atoms with van der Waals surface area (Å²) in [6.45, 7) is 3.24. The summed E-state index contributed by atoms with van der Waals surface area (Å²) in [7, 11) is -1.25. The molecule has 0 aliphatic carbocycles. The summed E-state index contributed by atoms with van der Waals surface area (Å²) < 4.78 is 28.5. The van der Waals surface area contributed by atoms with E-state index in [4.69, 9.17) is 4.74 Å². The standard InChI is InChI=1S/C19H25N3O3S.HI/c1-3-20-19(22-17-8-9-26(23,24)13-17)21-12-14-4-5-16-11-18(25-2)7-6-15(16)10-14;/h4-7,10-11,17H,3,8-9,12-13H2,1-2H3,(H2,20,21,22);1H. The van der Waals surface area contributed by atoms with Crippen LogP contribution in [0.15, 0.2) is 41.4 Å². The first kappa shape index (κ1) is 21.7. The van der Waals surface area contributed by atoms with E-state index in [0.717, 1.165) is 28.6 Å². The van der Waals surface area contributed by atoms with Crippen LogP contribution in [0, 0.1) is 0 Å². The normalized spacial score (nSPS) is 18.7. The Bertz CT molecular complexity index is 916. The van der Waals surface area contributed by atoms with Crippen molar-refractivity contribution in [1.29, 1.82) is 0 Å². The zero-order chi connectivity index (χ0) is 18.6. The van der Waals surface area contributed by atoms with Crippen molar-refractivity contribution in [3.05, 3.63) is 42.0 Å². The first-order valence-electron chi connectivity index (χ1n) is 8.81. The van der Waals surface area contributed by atoms with E-state index in [9.17, 15) is 8.42 Å². The fraction of sp³-hybridized carbons (Fsp3) is 0.421. The van der Waals surface area contributed by atoms with Gasteiger partial charge in [0.25, 0.3) is 0 Å². The molecule has 2 aromatic rings. The van der Waals surface area contributed by atoms with E-state index < -0.39 is 9.84 Å². The minimum Gasteiger partial charge on any atom is -0.497 e. The van der Waals surface area contributed by atoms with Gasteiger partial charge in [0.05, 0.1) is 25.2 Å². The lowest BCUT2D eigenvalue weighted by Crippen LogP contribution is -2.44. The van der Waals surface area contributed by atoms with E-state index in [0.29, 0.717) is 18.9 Å². The van der Waals surface area contributed by atoms with Crippen LogP contribution in [0.5, 0.6) is 5.75 Å². The number of aliphatic imine (C=N–C) groups is 1. The van der Waals surface area contributed by atoms with Crippen LogP contribution >= 0.6 is 24.0 Å². The Morgan fingerprint density at radius 3 is 2.63 bits per heavy atom. The Balaban J connectivity index is 0.00000261. The predicted octanol–water partition coefficient (Wildman–Crippen LogP) is 2.71. The van der Waals surface area contributed by atoms with Gasteiger partial charge in [0.15, 0.2) is 15.8 Å². The maximum Gasteiger partial charge on any atom is 0.191 e. The van der Waals surface area contributed by atoms with Crippen LogP contribution in [0.3, 0.4) is 0 Å². The van der Waals surface area contributed by atoms with Gasteiger partial charge < -0.3 is 15.4 Å². The number of methoxy groups -OCH3 is 1. The van der Waals surface area contributed by atoms with Crippen molar-refractivity contribution in [2.45, 2.75) is 25.9 Å². The average molecular weight is 503 g/mol. The quantitative estimate of drug-likeness (QED) is 0.373. The zero-order valence-electron chi connectivity index (χ0n) is 15.6. The van der Waals surface area contributed by atoms with Gasteiger partial charge in [0.1, 0.15) is 5.75 Å². The summed E-state index contributed by atoms with van der Waals surface area (Å²) in [5.41, 5.74) is 1.10. The zero-order valence-corrected chi connectivity index (χ0v) is 18.7. The number of ether oxygens (including phenoxy) is 1. The number of hydrogen-bond acceptors (Lipinski definition) is 4. The van der Waals surface area contributed by atoms with Crippen molar-refractivity contribution in [3.63, 3.8) is 0 Å². The fourth-order valence-corrected chi connectivity index (χ4v) is 4.76. The Labute approximate surface area is 177 Å². The van der Waals surface area contributed by atoms with E-state index in [-0.39, 0.29) is 41.5 Å². The highest BCUT2D eigenvalue weighted by Crippen LogP contribution is 2.22. The number of halogens is 1. The third kappa shape index (κ3) is 5.97. The minimum absolute atomic E-state index is 0. The summed E-state index contributed by atoms with van der Waals surface area (Å²) in [6, 6.07) is 12.1. The molecule has 0 radical (unpaired) electrons. The molecule has 8 heteroatoms. The lowest BCUT2D eigenvalue weighted by Gasteiger charge is -2.15. The molecule has 27 heavy (non-hydrogen) atoms. The van der Waals surface area contributed by atoms with Gasteiger partial charge in [-0.25, -0.2) is 13.4 Å². The van der Waals surface area contributed by atoms with Crippen LogP contribution in [0.1, 0.15) is 18.9 Å². The van der Waals surface area contributed by atoms with E-state index in [2.05, 4.69) is 33.8 Å². The molecular formula is C19H26IN3O3S. The molecule has 148 valence electrons. The molecule has 0 aromatic heterocycles. The molecule has 1 fully saturated rings. The monoisotopic (exact) mass is 503 g/mol. The van der Waals surface area contributed by atoms with E-state index in [1.807, 2.05) is 25.1 Å². The lowest BCUT2D eigenvalue weighted by atomic mass is 10.1. The van der Waals surface area contributed by atoms with Gasteiger partial charge in [-0.3, -0.25) is 0 Å². The number of hydrogen-bond donors (Lipinski definition) is 2. The van der Waals surface area contributed by atoms with Crippen molar-refractivity contribution in [3.8, 4) is 5.75 Å². The molecule has 0 saturated carbocycles. The molecule has 1 atom stereocenters. The molecule has 2 aromatic carbocycles. The Morgan fingerprint density at radius 1 is 1.22 bits per heavy atom. The number of sulfone groups is 1. The number of nitrogens with zero attached hydrogens (tertiary/aromatic N) is 1. The third-order valence-corrected chi connectivity index (χ3v) is 6.22. The smallest absolute Gasteiger partial charge is 0.191 e. The first-order valence-corrected chi connectivity index (χ1v) is 10.6. The maximum atomic E-state index is 11.6. The van der Waals surface area contributed by atoms with Gasteiger partial charge in [0.2, 0.25) is 0 Å². The molecule has 1 aliphatic heterocycles. The SMILES string of the molecule is CCNC(=NCc1ccc2cc(OC)ccc2c1)NC1CCS(=O)(=O)C1.I. The van der Waals surface area contributed by atoms with Gasteiger partial charge in [0, 0.05) is 12.6 Å². The van der Waals surface area contributed by atoms with E-state index in [1.165, 1.54) is 0 Å². The fourth-order valence-electron chi connectivity index (χ4n) is 3.09. The first-order chi connectivity index (χ1) is 12.5.